The zero-order valence-corrected chi connectivity index (χ0v) is 16.0. The Hall–Kier alpha value is -3.46. The molecule has 1 amide bonds. The van der Waals surface area contributed by atoms with Crippen molar-refractivity contribution in [2.24, 2.45) is 7.05 Å². The van der Waals surface area contributed by atoms with E-state index in [0.29, 0.717) is 37.8 Å². The molecule has 0 unspecified atom stereocenters. The second-order valence-electron chi connectivity index (χ2n) is 6.82. The molecular formula is C20H21N5O4. The number of morpholine rings is 1. The molecule has 2 aromatic carbocycles. The average Bonchev–Trinajstić information content (AvgIpc) is 3.08. The van der Waals surface area contributed by atoms with Crippen LogP contribution >= 0.6 is 0 Å². The molecule has 1 fully saturated rings. The molecule has 0 aliphatic carbocycles. The number of fused-ring (bicyclic) bond motifs is 1. The number of rotatable bonds is 5. The number of para-hydroxylation sites is 2. The van der Waals surface area contributed by atoms with Crippen molar-refractivity contribution in [1.29, 1.82) is 0 Å². The molecule has 9 nitrogen and oxygen atoms in total. The number of benzene rings is 2. The molecule has 0 bridgehead atoms. The van der Waals surface area contributed by atoms with Crippen LogP contribution in [-0.4, -0.2) is 46.7 Å². The number of nitrogens with zero attached hydrogens (tertiary/aromatic N) is 4. The highest BCUT2D eigenvalue weighted by Crippen LogP contribution is 2.26. The smallest absolute Gasteiger partial charge is 0.270 e. The van der Waals surface area contributed by atoms with Crippen molar-refractivity contribution in [3.63, 3.8) is 0 Å². The summed E-state index contributed by atoms with van der Waals surface area (Å²) in [6, 6.07) is 12.1. The van der Waals surface area contributed by atoms with E-state index < -0.39 is 4.92 Å². The van der Waals surface area contributed by atoms with Crippen molar-refractivity contribution in [3.8, 4) is 0 Å². The second-order valence-corrected chi connectivity index (χ2v) is 6.82. The van der Waals surface area contributed by atoms with Crippen LogP contribution in [0.1, 0.15) is 16.2 Å². The van der Waals surface area contributed by atoms with Crippen molar-refractivity contribution < 1.29 is 14.5 Å². The van der Waals surface area contributed by atoms with Crippen LogP contribution in [0.4, 0.5) is 11.4 Å². The molecular weight excluding hydrogens is 374 g/mol. The average molecular weight is 395 g/mol. The van der Waals surface area contributed by atoms with Gasteiger partial charge in [0.05, 0.1) is 47.0 Å². The lowest BCUT2D eigenvalue weighted by Gasteiger charge is -2.30. The molecule has 1 aromatic heterocycles. The van der Waals surface area contributed by atoms with Crippen molar-refractivity contribution >= 4 is 28.3 Å². The molecule has 1 aliphatic heterocycles. The summed E-state index contributed by atoms with van der Waals surface area (Å²) in [5, 5.41) is 14.1. The largest absolute Gasteiger partial charge is 0.378 e. The van der Waals surface area contributed by atoms with E-state index >= 15 is 0 Å². The van der Waals surface area contributed by atoms with Crippen LogP contribution in [0, 0.1) is 10.1 Å². The number of nitrogens with one attached hydrogen (secondary N) is 1. The first-order chi connectivity index (χ1) is 14.0. The molecule has 1 N–H and O–H groups in total. The van der Waals surface area contributed by atoms with E-state index in [-0.39, 0.29) is 23.7 Å². The summed E-state index contributed by atoms with van der Waals surface area (Å²) in [6.07, 6.45) is 0. The summed E-state index contributed by atoms with van der Waals surface area (Å²) < 4.78 is 7.29. The Balaban J connectivity index is 1.60. The number of nitro benzene ring substituents is 1. The van der Waals surface area contributed by atoms with E-state index in [0.717, 1.165) is 11.0 Å². The first kappa shape index (κ1) is 18.9. The fraction of sp³-hybridized carbons (Fsp3) is 0.300. The Morgan fingerprint density at radius 3 is 2.72 bits per heavy atom. The first-order valence-electron chi connectivity index (χ1n) is 9.34. The molecule has 0 radical (unpaired) electrons. The Labute approximate surface area is 167 Å². The van der Waals surface area contributed by atoms with Crippen LogP contribution in [0.5, 0.6) is 0 Å². The van der Waals surface area contributed by atoms with Crippen LogP contribution in [0.15, 0.2) is 42.5 Å². The van der Waals surface area contributed by atoms with Gasteiger partial charge in [-0.05, 0) is 18.2 Å². The fourth-order valence-electron chi connectivity index (χ4n) is 3.51. The third-order valence-electron chi connectivity index (χ3n) is 5.07. The van der Waals surface area contributed by atoms with Gasteiger partial charge in [-0.15, -0.1) is 0 Å². The number of hydrogen-bond acceptors (Lipinski definition) is 6. The predicted octanol–water partition coefficient (Wildman–Crippen LogP) is 2.25. The fourth-order valence-corrected chi connectivity index (χ4v) is 3.51. The van der Waals surface area contributed by atoms with Gasteiger partial charge in [-0.2, -0.15) is 0 Å². The molecule has 4 rings (SSSR count). The molecule has 150 valence electrons. The monoisotopic (exact) mass is 395 g/mol. The van der Waals surface area contributed by atoms with Gasteiger partial charge < -0.3 is 19.5 Å². The maximum absolute atomic E-state index is 13.0. The van der Waals surface area contributed by atoms with Crippen LogP contribution in [-0.2, 0) is 18.3 Å². The number of amides is 1. The normalized spacial score (nSPS) is 14.2. The van der Waals surface area contributed by atoms with E-state index in [4.69, 9.17) is 4.74 Å². The number of aryl methyl sites for hydroxylation is 1. The number of nitro groups is 1. The van der Waals surface area contributed by atoms with Gasteiger partial charge >= 0.3 is 0 Å². The minimum atomic E-state index is -0.495. The third kappa shape index (κ3) is 3.77. The second kappa shape index (κ2) is 7.88. The number of anilines is 1. The predicted molar refractivity (Wildman–Crippen MR) is 108 cm³/mol. The SMILES string of the molecule is Cn1c(CNC(=O)c2cc([N+](=O)[O-])ccc2N2CCOCC2)nc2ccccc21. The van der Waals surface area contributed by atoms with E-state index in [9.17, 15) is 14.9 Å². The number of aromatic nitrogens is 2. The lowest BCUT2D eigenvalue weighted by atomic mass is 10.1. The molecule has 29 heavy (non-hydrogen) atoms. The molecule has 3 aromatic rings. The van der Waals surface area contributed by atoms with Gasteiger partial charge in [0.2, 0.25) is 0 Å². The van der Waals surface area contributed by atoms with Crippen LogP contribution < -0.4 is 10.2 Å². The molecule has 0 atom stereocenters. The van der Waals surface area contributed by atoms with E-state index in [1.807, 2.05) is 40.8 Å². The van der Waals surface area contributed by atoms with Gasteiger partial charge in [0, 0.05) is 32.3 Å². The Kier molecular flexibility index (Phi) is 5.13. The highest BCUT2D eigenvalue weighted by molar-refractivity contribution is 6.00. The molecule has 1 saturated heterocycles. The van der Waals surface area contributed by atoms with Crippen molar-refractivity contribution in [2.75, 3.05) is 31.2 Å². The maximum atomic E-state index is 13.0. The Morgan fingerprint density at radius 1 is 1.24 bits per heavy atom. The quantitative estimate of drug-likeness (QED) is 0.525. The van der Waals surface area contributed by atoms with Gasteiger partial charge in [-0.25, -0.2) is 4.98 Å². The zero-order valence-electron chi connectivity index (χ0n) is 16.0. The standard InChI is InChI=1S/C20H21N5O4/c1-23-18-5-3-2-4-16(18)22-19(23)13-21-20(26)15-12-14(25(27)28)6-7-17(15)24-8-10-29-11-9-24/h2-7,12H,8-11,13H2,1H3,(H,21,26). The lowest BCUT2D eigenvalue weighted by Crippen LogP contribution is -2.38. The van der Waals surface area contributed by atoms with Gasteiger partial charge in [-0.3, -0.25) is 14.9 Å². The highest BCUT2D eigenvalue weighted by Gasteiger charge is 2.22. The first-order valence-corrected chi connectivity index (χ1v) is 9.34. The number of non-ortho nitro benzene ring substituents is 1. The van der Waals surface area contributed by atoms with Gasteiger partial charge in [-0.1, -0.05) is 12.1 Å². The van der Waals surface area contributed by atoms with Crippen LogP contribution in [0.25, 0.3) is 11.0 Å². The topological polar surface area (TPSA) is 103 Å². The number of carbonyl (C=O) groups excluding carboxylic acids is 1. The van der Waals surface area contributed by atoms with Crippen molar-refractivity contribution in [1.82, 2.24) is 14.9 Å². The third-order valence-corrected chi connectivity index (χ3v) is 5.07. The summed E-state index contributed by atoms with van der Waals surface area (Å²) in [5.41, 5.74) is 2.65. The Morgan fingerprint density at radius 2 is 2.00 bits per heavy atom. The molecule has 9 heteroatoms. The number of carbonyl (C=O) groups is 1. The molecule has 0 saturated carbocycles. The van der Waals surface area contributed by atoms with Gasteiger partial charge in [0.15, 0.2) is 0 Å². The maximum Gasteiger partial charge on any atom is 0.270 e. The molecule has 0 spiro atoms. The van der Waals surface area contributed by atoms with Gasteiger partial charge in [0.25, 0.3) is 11.6 Å². The summed E-state index contributed by atoms with van der Waals surface area (Å²) in [6.45, 7) is 2.58. The summed E-state index contributed by atoms with van der Waals surface area (Å²) in [4.78, 5) is 30.2. The minimum absolute atomic E-state index is 0.116. The molecule has 1 aliphatic rings. The van der Waals surface area contributed by atoms with Gasteiger partial charge in [0.1, 0.15) is 5.82 Å². The summed E-state index contributed by atoms with van der Waals surface area (Å²) >= 11 is 0. The minimum Gasteiger partial charge on any atom is -0.378 e. The summed E-state index contributed by atoms with van der Waals surface area (Å²) in [5.74, 6) is 0.333. The lowest BCUT2D eigenvalue weighted by molar-refractivity contribution is -0.384. The number of ether oxygens (including phenoxy) is 1. The van der Waals surface area contributed by atoms with Crippen molar-refractivity contribution in [3.05, 3.63) is 64.0 Å². The van der Waals surface area contributed by atoms with E-state index in [1.165, 1.54) is 12.1 Å². The number of imidazole rings is 1. The highest BCUT2D eigenvalue weighted by atomic mass is 16.6. The van der Waals surface area contributed by atoms with E-state index in [2.05, 4.69) is 10.3 Å². The van der Waals surface area contributed by atoms with Crippen LogP contribution in [0.3, 0.4) is 0 Å². The molecule has 2 heterocycles. The Bertz CT molecular complexity index is 1070. The number of hydrogen-bond donors (Lipinski definition) is 1. The van der Waals surface area contributed by atoms with E-state index in [1.54, 1.807) is 6.07 Å². The zero-order chi connectivity index (χ0) is 20.4. The summed E-state index contributed by atoms with van der Waals surface area (Å²) in [7, 11) is 1.89. The van der Waals surface area contributed by atoms with Crippen LogP contribution in [0.2, 0.25) is 0 Å². The van der Waals surface area contributed by atoms with Crippen molar-refractivity contribution in [2.45, 2.75) is 6.54 Å².